The van der Waals surface area contributed by atoms with Gasteiger partial charge in [0.25, 0.3) is 0 Å². The van der Waals surface area contributed by atoms with Gasteiger partial charge in [0.1, 0.15) is 35.8 Å². The molecule has 1 aliphatic carbocycles. The van der Waals surface area contributed by atoms with Gasteiger partial charge >= 0.3 is 25.7 Å². The number of nitrogens with two attached hydrogens (primary N) is 1. The van der Waals surface area contributed by atoms with E-state index in [-0.39, 0.29) is 42.6 Å². The van der Waals surface area contributed by atoms with Gasteiger partial charge in [0, 0.05) is 12.8 Å². The summed E-state index contributed by atoms with van der Waals surface area (Å²) < 4.78 is 50.5. The number of carbonyl (C=O) groups excluding carboxylic acids is 3. The summed E-state index contributed by atoms with van der Waals surface area (Å²) in [7, 11) is -4.43. The van der Waals surface area contributed by atoms with Crippen molar-refractivity contribution < 1.29 is 46.9 Å². The highest BCUT2D eigenvalue weighted by Gasteiger charge is 2.62. The summed E-state index contributed by atoms with van der Waals surface area (Å²) in [4.78, 5) is 42.3. The van der Waals surface area contributed by atoms with Crippen LogP contribution in [-0.2, 0) is 48.0 Å². The molecule has 49 heavy (non-hydrogen) atoms. The van der Waals surface area contributed by atoms with Gasteiger partial charge in [-0.1, -0.05) is 38.5 Å². The molecule has 6 atom stereocenters. The van der Waals surface area contributed by atoms with E-state index in [4.69, 9.17) is 33.7 Å². The summed E-state index contributed by atoms with van der Waals surface area (Å²) in [6.45, 7) is 4.20. The molecule has 0 amide bonds. The van der Waals surface area contributed by atoms with Crippen molar-refractivity contribution in [3.63, 3.8) is 0 Å². The molecule has 1 saturated carbocycles. The van der Waals surface area contributed by atoms with Crippen molar-refractivity contribution in [3.05, 3.63) is 54.5 Å². The van der Waals surface area contributed by atoms with Gasteiger partial charge in [-0.3, -0.25) is 18.9 Å². The van der Waals surface area contributed by atoms with Gasteiger partial charge in [0.15, 0.2) is 18.0 Å². The number of esters is 3. The van der Waals surface area contributed by atoms with Gasteiger partial charge in [-0.05, 0) is 49.9 Å². The van der Waals surface area contributed by atoms with Crippen molar-refractivity contribution in [1.82, 2.24) is 19.7 Å². The number of nitrogen functional groups attached to an aromatic ring is 1. The summed E-state index contributed by atoms with van der Waals surface area (Å²) in [5.74, 6) is -1.51. The van der Waals surface area contributed by atoms with E-state index in [2.05, 4.69) is 21.2 Å². The Bertz CT molecular complexity index is 1740. The molecule has 1 aromatic carbocycles. The number of rotatable bonds is 15. The Morgan fingerprint density at radius 2 is 1.84 bits per heavy atom. The zero-order chi connectivity index (χ0) is 35.2. The molecule has 3 aromatic rings. The molecule has 16 nitrogen and oxygen atoms in total. The number of benzene rings is 1. The molecule has 5 rings (SSSR count). The molecule has 2 aliphatic rings. The van der Waals surface area contributed by atoms with Crippen LogP contribution in [0.5, 0.6) is 5.75 Å². The second-order valence-electron chi connectivity index (χ2n) is 11.7. The molecule has 2 aromatic heterocycles. The zero-order valence-electron chi connectivity index (χ0n) is 27.4. The number of fused-ring (bicyclic) bond motifs is 1. The van der Waals surface area contributed by atoms with Crippen LogP contribution in [0.25, 0.3) is 5.52 Å². The molecule has 1 saturated heterocycles. The number of nitrogens with one attached hydrogen (secondary N) is 1. The van der Waals surface area contributed by atoms with Gasteiger partial charge in [-0.25, -0.2) is 14.1 Å². The number of nitriles is 1. The lowest BCUT2D eigenvalue weighted by Crippen LogP contribution is -2.46. The highest BCUT2D eigenvalue weighted by molar-refractivity contribution is 7.52. The minimum Gasteiger partial charge on any atom is -0.464 e. The second-order valence-corrected chi connectivity index (χ2v) is 13.4. The average molecular weight is 699 g/mol. The molecule has 1 aliphatic heterocycles. The second kappa shape index (κ2) is 15.3. The molecule has 0 bridgehead atoms. The van der Waals surface area contributed by atoms with Crippen LogP contribution in [0.2, 0.25) is 0 Å². The van der Waals surface area contributed by atoms with Crippen molar-refractivity contribution >= 4 is 37.0 Å². The summed E-state index contributed by atoms with van der Waals surface area (Å²) in [6.07, 6.45) is -0.262. The number of carbonyl (C=O) groups is 3. The molecular weight excluding hydrogens is 659 g/mol. The summed E-state index contributed by atoms with van der Waals surface area (Å²) in [5.41, 5.74) is 4.34. The van der Waals surface area contributed by atoms with Crippen LogP contribution >= 0.6 is 7.75 Å². The Balaban J connectivity index is 1.48. The number of ether oxygens (including phenoxy) is 4. The Morgan fingerprint density at radius 1 is 1.12 bits per heavy atom. The number of para-hydroxylation sites is 1. The summed E-state index contributed by atoms with van der Waals surface area (Å²) in [5, 5.41) is 17.6. The van der Waals surface area contributed by atoms with Gasteiger partial charge in [-0.2, -0.15) is 15.4 Å². The fourth-order valence-electron chi connectivity index (χ4n) is 5.42. The highest BCUT2D eigenvalue weighted by atomic mass is 31.2. The third kappa shape index (κ3) is 7.86. The number of nitrogens with zero attached hydrogens (tertiary/aromatic N) is 4. The lowest BCUT2D eigenvalue weighted by atomic mass is 9.86. The molecule has 2 fully saturated rings. The van der Waals surface area contributed by atoms with Crippen molar-refractivity contribution in [2.45, 2.75) is 82.8 Å². The average Bonchev–Trinajstić information content (AvgIpc) is 3.64. The minimum atomic E-state index is -4.43. The minimum absolute atomic E-state index is 0.0620. The van der Waals surface area contributed by atoms with Crippen LogP contribution in [0.1, 0.15) is 58.6 Å². The normalized spacial score (nSPS) is 23.8. The first-order valence-corrected chi connectivity index (χ1v) is 17.6. The Hall–Kier alpha value is -4.55. The van der Waals surface area contributed by atoms with E-state index in [1.165, 1.54) is 23.8 Å². The van der Waals surface area contributed by atoms with Crippen LogP contribution in [0.4, 0.5) is 5.82 Å². The third-order valence-electron chi connectivity index (χ3n) is 8.30. The zero-order valence-corrected chi connectivity index (χ0v) is 28.2. The first-order valence-electron chi connectivity index (χ1n) is 16.0. The number of aromatic nitrogens is 3. The van der Waals surface area contributed by atoms with Crippen molar-refractivity contribution in [3.8, 4) is 11.8 Å². The van der Waals surface area contributed by atoms with Crippen molar-refractivity contribution in [1.29, 1.82) is 5.26 Å². The Morgan fingerprint density at radius 3 is 2.49 bits per heavy atom. The maximum atomic E-state index is 14.3. The fourth-order valence-corrected chi connectivity index (χ4v) is 6.92. The summed E-state index contributed by atoms with van der Waals surface area (Å²) in [6, 6.07) is 12.2. The van der Waals surface area contributed by atoms with Crippen LogP contribution in [0.3, 0.4) is 0 Å². The lowest BCUT2D eigenvalue weighted by molar-refractivity contribution is -0.169. The third-order valence-corrected chi connectivity index (χ3v) is 9.95. The van der Waals surface area contributed by atoms with E-state index in [0.29, 0.717) is 5.52 Å². The molecule has 17 heteroatoms. The SMILES string of the molecule is CCC(=O)O[C@H]1[C@@H](OC(=O)CC)[C@](C#N)(c2ccc3c(N)ncnn23)O[C@@H]1COP(=O)(N[C@@H](C)C(=O)OCC1CCC1)Oc1ccccc1. The molecule has 1 unspecified atom stereocenters. The maximum absolute atomic E-state index is 14.3. The molecule has 3 heterocycles. The standard InChI is InChI=1S/C32H39N6O10P/c1-4-26(39)45-28-24(47-32(18-33,29(28)46-27(40)5-2)25-15-14-23-30(34)35-19-36-38(23)25)17-44-49(42,48-22-12-7-6-8-13-22)37-20(3)31(41)43-16-21-10-9-11-21/h6-8,12-15,19-21,24,28-29H,4-5,9-11,16-17H2,1-3H3,(H,37,42)(H2,34,35,36)/t20-,24+,28+,29+,32-,49?/m0/s1. The first-order chi connectivity index (χ1) is 23.5. The molecule has 0 radical (unpaired) electrons. The van der Waals surface area contributed by atoms with E-state index in [9.17, 15) is 24.2 Å². The van der Waals surface area contributed by atoms with Crippen LogP contribution < -0.4 is 15.3 Å². The molecular formula is C32H39N6O10P. The number of hydrogen-bond donors (Lipinski definition) is 2. The summed E-state index contributed by atoms with van der Waals surface area (Å²) >= 11 is 0. The quantitative estimate of drug-likeness (QED) is 0.132. The van der Waals surface area contributed by atoms with E-state index in [1.54, 1.807) is 50.2 Å². The largest absolute Gasteiger partial charge is 0.464 e. The monoisotopic (exact) mass is 698 g/mol. The maximum Gasteiger partial charge on any atom is 0.459 e. The van der Waals surface area contributed by atoms with E-state index < -0.39 is 62.2 Å². The van der Waals surface area contributed by atoms with E-state index in [0.717, 1.165) is 19.3 Å². The Kier molecular flexibility index (Phi) is 11.2. The number of hydrogen-bond acceptors (Lipinski definition) is 14. The van der Waals surface area contributed by atoms with Gasteiger partial charge in [0.05, 0.1) is 18.9 Å². The lowest BCUT2D eigenvalue weighted by Gasteiger charge is -2.28. The smallest absolute Gasteiger partial charge is 0.459 e. The molecule has 262 valence electrons. The van der Waals surface area contributed by atoms with Crippen molar-refractivity contribution in [2.24, 2.45) is 5.92 Å². The van der Waals surface area contributed by atoms with Gasteiger partial charge in [0.2, 0.25) is 5.60 Å². The van der Waals surface area contributed by atoms with Gasteiger partial charge in [-0.15, -0.1) is 0 Å². The first kappa shape index (κ1) is 35.7. The van der Waals surface area contributed by atoms with Crippen molar-refractivity contribution in [2.75, 3.05) is 18.9 Å². The fraction of sp³-hybridized carbons (Fsp3) is 0.500. The van der Waals surface area contributed by atoms with E-state index >= 15 is 0 Å². The highest BCUT2D eigenvalue weighted by Crippen LogP contribution is 2.48. The van der Waals surface area contributed by atoms with Gasteiger partial charge < -0.3 is 29.2 Å². The topological polar surface area (TPSA) is 216 Å². The number of anilines is 1. The van der Waals surface area contributed by atoms with Crippen LogP contribution in [-0.4, -0.2) is 70.1 Å². The van der Waals surface area contributed by atoms with Crippen LogP contribution in [0.15, 0.2) is 48.8 Å². The van der Waals surface area contributed by atoms with E-state index in [1.807, 2.05) is 0 Å². The predicted molar refractivity (Wildman–Crippen MR) is 171 cm³/mol. The molecule has 3 N–H and O–H groups in total. The Labute approximate surface area is 282 Å². The predicted octanol–water partition coefficient (Wildman–Crippen LogP) is 3.60. The molecule has 0 spiro atoms. The van der Waals surface area contributed by atoms with Crippen LogP contribution in [0, 0.1) is 17.2 Å².